The third kappa shape index (κ3) is 9.82. The Labute approximate surface area is 154 Å². The van der Waals surface area contributed by atoms with Gasteiger partial charge in [0.15, 0.2) is 0 Å². The Morgan fingerprint density at radius 1 is 0.682 bits per heavy atom. The zero-order valence-electron chi connectivity index (χ0n) is 12.8. The van der Waals surface area contributed by atoms with Gasteiger partial charge in [0.2, 0.25) is 0 Å². The number of hydrogen-bond acceptors (Lipinski definition) is 4. The molecular weight excluding hydrogens is 355 g/mol. The van der Waals surface area contributed by atoms with Gasteiger partial charge in [0.05, 0.1) is 0 Å². The van der Waals surface area contributed by atoms with Gasteiger partial charge in [-0.25, -0.2) is 0 Å². The molecule has 0 spiro atoms. The van der Waals surface area contributed by atoms with Crippen LogP contribution in [0.5, 0.6) is 0 Å². The molecule has 0 saturated heterocycles. The van der Waals surface area contributed by atoms with E-state index in [0.717, 1.165) is 26.2 Å². The molecule has 0 atom stereocenters. The SMILES string of the molecule is Cl.Cl.c1csc(CNCCCCCCNCc2cccs2)c1. The summed E-state index contributed by atoms with van der Waals surface area (Å²) in [6, 6.07) is 8.61. The van der Waals surface area contributed by atoms with Crippen molar-refractivity contribution in [2.24, 2.45) is 0 Å². The molecule has 0 aromatic carbocycles. The van der Waals surface area contributed by atoms with Crippen LogP contribution in [0.25, 0.3) is 0 Å². The van der Waals surface area contributed by atoms with Crippen LogP contribution in [-0.4, -0.2) is 13.1 Å². The summed E-state index contributed by atoms with van der Waals surface area (Å²) in [5.41, 5.74) is 0. The van der Waals surface area contributed by atoms with Crippen molar-refractivity contribution in [3.8, 4) is 0 Å². The lowest BCUT2D eigenvalue weighted by Gasteiger charge is -2.04. The maximum absolute atomic E-state index is 3.50. The minimum atomic E-state index is 0. The number of nitrogens with one attached hydrogen (secondary N) is 2. The number of unbranched alkanes of at least 4 members (excludes halogenated alkanes) is 3. The fourth-order valence-corrected chi connectivity index (χ4v) is 3.45. The van der Waals surface area contributed by atoms with Gasteiger partial charge in [-0.2, -0.15) is 0 Å². The fourth-order valence-electron chi connectivity index (χ4n) is 2.10. The van der Waals surface area contributed by atoms with Crippen LogP contribution in [-0.2, 0) is 13.1 Å². The molecule has 0 aliphatic rings. The van der Waals surface area contributed by atoms with E-state index in [1.165, 1.54) is 35.4 Å². The number of halogens is 2. The first-order valence-corrected chi connectivity index (χ1v) is 9.17. The average molecular weight is 381 g/mol. The van der Waals surface area contributed by atoms with Crippen LogP contribution in [0.15, 0.2) is 35.0 Å². The minimum Gasteiger partial charge on any atom is -0.312 e. The summed E-state index contributed by atoms with van der Waals surface area (Å²) in [4.78, 5) is 2.87. The second kappa shape index (κ2) is 14.5. The van der Waals surface area contributed by atoms with Crippen LogP contribution in [0.4, 0.5) is 0 Å². The molecule has 2 aromatic heterocycles. The summed E-state index contributed by atoms with van der Waals surface area (Å²) in [7, 11) is 0. The zero-order valence-corrected chi connectivity index (χ0v) is 16.0. The topological polar surface area (TPSA) is 24.1 Å². The van der Waals surface area contributed by atoms with E-state index in [9.17, 15) is 0 Å². The van der Waals surface area contributed by atoms with Crippen LogP contribution in [0.2, 0.25) is 0 Å². The highest BCUT2D eigenvalue weighted by atomic mass is 35.5. The first-order chi connectivity index (χ1) is 9.95. The van der Waals surface area contributed by atoms with Crippen molar-refractivity contribution in [3.63, 3.8) is 0 Å². The normalized spacial score (nSPS) is 10.0. The predicted octanol–water partition coefficient (Wildman–Crippen LogP) is 5.09. The van der Waals surface area contributed by atoms with Gasteiger partial charge in [0.1, 0.15) is 0 Å². The Kier molecular flexibility index (Phi) is 14.4. The maximum Gasteiger partial charge on any atom is 0.0299 e. The first-order valence-electron chi connectivity index (χ1n) is 7.41. The Balaban J connectivity index is 0.00000220. The molecule has 2 heterocycles. The van der Waals surface area contributed by atoms with Crippen molar-refractivity contribution in [1.82, 2.24) is 10.6 Å². The van der Waals surface area contributed by atoms with E-state index in [2.05, 4.69) is 45.7 Å². The maximum atomic E-state index is 3.50. The minimum absolute atomic E-state index is 0. The van der Waals surface area contributed by atoms with Gasteiger partial charge in [0, 0.05) is 22.8 Å². The van der Waals surface area contributed by atoms with Gasteiger partial charge in [-0.05, 0) is 48.8 Å². The van der Waals surface area contributed by atoms with Gasteiger partial charge in [-0.3, -0.25) is 0 Å². The molecule has 2 N–H and O–H groups in total. The predicted molar refractivity (Wildman–Crippen MR) is 105 cm³/mol. The average Bonchev–Trinajstić information content (AvgIpc) is 3.14. The largest absolute Gasteiger partial charge is 0.312 e. The molecule has 2 rings (SSSR count). The monoisotopic (exact) mass is 380 g/mol. The van der Waals surface area contributed by atoms with E-state index < -0.39 is 0 Å². The van der Waals surface area contributed by atoms with Gasteiger partial charge in [0.25, 0.3) is 0 Å². The molecule has 0 bridgehead atoms. The standard InChI is InChI=1S/C16H24N2S2.2ClH/c1(3-9-17-13-15-7-5-11-19-15)2-4-10-18-14-16-8-6-12-20-16;;/h5-8,11-12,17-18H,1-4,9-10,13-14H2;2*1H. The van der Waals surface area contributed by atoms with Crippen LogP contribution in [0, 0.1) is 0 Å². The summed E-state index contributed by atoms with van der Waals surface area (Å²) in [5, 5.41) is 11.3. The zero-order chi connectivity index (χ0) is 13.9. The summed E-state index contributed by atoms with van der Waals surface area (Å²) < 4.78 is 0. The second-order valence-electron chi connectivity index (χ2n) is 4.93. The van der Waals surface area contributed by atoms with Crippen molar-refractivity contribution in [2.45, 2.75) is 38.8 Å². The van der Waals surface area contributed by atoms with Gasteiger partial charge >= 0.3 is 0 Å². The van der Waals surface area contributed by atoms with E-state index in [1.807, 2.05) is 22.7 Å². The molecule has 22 heavy (non-hydrogen) atoms. The van der Waals surface area contributed by atoms with Crippen molar-refractivity contribution < 1.29 is 0 Å². The van der Waals surface area contributed by atoms with E-state index in [1.54, 1.807) is 0 Å². The lowest BCUT2D eigenvalue weighted by molar-refractivity contribution is 0.565. The van der Waals surface area contributed by atoms with Gasteiger partial charge < -0.3 is 10.6 Å². The van der Waals surface area contributed by atoms with Gasteiger partial charge in [-0.15, -0.1) is 47.5 Å². The molecule has 0 aliphatic heterocycles. The Morgan fingerprint density at radius 3 is 1.50 bits per heavy atom. The highest BCUT2D eigenvalue weighted by Gasteiger charge is 1.95. The lowest BCUT2D eigenvalue weighted by Crippen LogP contribution is -2.15. The molecule has 0 fully saturated rings. The third-order valence-corrected chi connectivity index (χ3v) is 4.97. The second-order valence-corrected chi connectivity index (χ2v) is 6.99. The first kappa shape index (κ1) is 21.9. The lowest BCUT2D eigenvalue weighted by atomic mass is 10.2. The quantitative estimate of drug-likeness (QED) is 0.530. The van der Waals surface area contributed by atoms with Crippen LogP contribution < -0.4 is 10.6 Å². The molecule has 0 radical (unpaired) electrons. The molecule has 0 unspecified atom stereocenters. The fraction of sp³-hybridized carbons (Fsp3) is 0.500. The van der Waals surface area contributed by atoms with Crippen molar-refractivity contribution >= 4 is 47.5 Å². The van der Waals surface area contributed by atoms with Crippen molar-refractivity contribution in [3.05, 3.63) is 44.8 Å². The third-order valence-electron chi connectivity index (χ3n) is 3.22. The van der Waals surface area contributed by atoms with Crippen molar-refractivity contribution in [2.75, 3.05) is 13.1 Å². The summed E-state index contributed by atoms with van der Waals surface area (Å²) in [6.45, 7) is 4.33. The van der Waals surface area contributed by atoms with E-state index in [0.29, 0.717) is 0 Å². The van der Waals surface area contributed by atoms with E-state index >= 15 is 0 Å². The molecule has 2 nitrogen and oxygen atoms in total. The van der Waals surface area contributed by atoms with Crippen LogP contribution >= 0.6 is 47.5 Å². The Bertz CT molecular complexity index is 391. The molecule has 126 valence electrons. The Morgan fingerprint density at radius 2 is 1.14 bits per heavy atom. The molecule has 0 saturated carbocycles. The Hall–Kier alpha value is -0.100. The van der Waals surface area contributed by atoms with Gasteiger partial charge in [-0.1, -0.05) is 25.0 Å². The van der Waals surface area contributed by atoms with E-state index in [4.69, 9.17) is 0 Å². The molecule has 2 aromatic rings. The number of thiophene rings is 2. The molecular formula is C16H26Cl2N2S2. The van der Waals surface area contributed by atoms with Crippen LogP contribution in [0.1, 0.15) is 35.4 Å². The van der Waals surface area contributed by atoms with E-state index in [-0.39, 0.29) is 24.8 Å². The highest BCUT2D eigenvalue weighted by Crippen LogP contribution is 2.08. The number of hydrogen-bond donors (Lipinski definition) is 2. The van der Waals surface area contributed by atoms with Crippen molar-refractivity contribution in [1.29, 1.82) is 0 Å². The smallest absolute Gasteiger partial charge is 0.0299 e. The molecule has 6 heteroatoms. The summed E-state index contributed by atoms with van der Waals surface area (Å²) >= 11 is 3.66. The van der Waals surface area contributed by atoms with Crippen LogP contribution in [0.3, 0.4) is 0 Å². The summed E-state index contributed by atoms with van der Waals surface area (Å²) in [5.74, 6) is 0. The molecule has 0 aliphatic carbocycles. The highest BCUT2D eigenvalue weighted by molar-refractivity contribution is 7.10. The molecule has 0 amide bonds. The number of rotatable bonds is 11. The summed E-state index contributed by atoms with van der Waals surface area (Å²) in [6.07, 6.45) is 5.24.